The normalized spacial score (nSPS) is 17.4. The number of β-lactam (4-membered cyclic amide) rings is 1. The van der Waals surface area contributed by atoms with E-state index in [1.165, 1.54) is 62.4 Å². The largest absolute Gasteiger partial charge is 0.509 e. The first-order valence-corrected chi connectivity index (χ1v) is 11.5. The smallest absolute Gasteiger partial charge is 0.429 e. The number of nitrogens with one attached hydrogen (secondary N) is 1. The number of benzene rings is 2. The van der Waals surface area contributed by atoms with Gasteiger partial charge < -0.3 is 14.8 Å². The first-order chi connectivity index (χ1) is 17.8. The van der Waals surface area contributed by atoms with Gasteiger partial charge in [-0.05, 0) is 43.5 Å². The number of ether oxygens (including phenoxy) is 2. The third-order valence-corrected chi connectivity index (χ3v) is 6.27. The summed E-state index contributed by atoms with van der Waals surface area (Å²) < 4.78 is 10.5. The monoisotopic (exact) mass is 527 g/mol. The topological polar surface area (TPSA) is 185 Å². The molecule has 0 radical (unpaired) electrons. The third kappa shape index (κ3) is 6.35. The molecule has 13 nitrogen and oxygen atoms in total. The van der Waals surface area contributed by atoms with E-state index in [-0.39, 0.29) is 24.4 Å². The Balaban J connectivity index is 1.71. The van der Waals surface area contributed by atoms with E-state index in [0.717, 1.165) is 6.92 Å². The van der Waals surface area contributed by atoms with Gasteiger partial charge in [0.25, 0.3) is 11.4 Å². The van der Waals surface area contributed by atoms with E-state index in [1.807, 2.05) is 0 Å². The van der Waals surface area contributed by atoms with Gasteiger partial charge in [0.15, 0.2) is 5.78 Å². The van der Waals surface area contributed by atoms with Gasteiger partial charge in [0.1, 0.15) is 12.2 Å². The van der Waals surface area contributed by atoms with Gasteiger partial charge in [-0.1, -0.05) is 12.1 Å². The molecule has 38 heavy (non-hydrogen) atoms. The highest BCUT2D eigenvalue weighted by Crippen LogP contribution is 2.36. The summed E-state index contributed by atoms with van der Waals surface area (Å²) in [6.07, 6.45) is -1.09. The number of Topliss-reactive ketones (excluding diaryl/α,β-unsaturated/α-hetero) is 2. The number of hydrogen-bond acceptors (Lipinski definition) is 10. The van der Waals surface area contributed by atoms with Gasteiger partial charge in [0.2, 0.25) is 11.7 Å². The molecule has 2 aromatic rings. The van der Waals surface area contributed by atoms with Crippen molar-refractivity contribution in [3.63, 3.8) is 0 Å². The molecule has 2 aromatic carbocycles. The number of nitro benzene ring substituents is 2. The summed E-state index contributed by atoms with van der Waals surface area (Å²) in [6.45, 7) is 3.81. The Bertz CT molecular complexity index is 1270. The molecule has 1 N–H and O–H groups in total. The van der Waals surface area contributed by atoms with Crippen LogP contribution in [0.1, 0.15) is 31.9 Å². The molecule has 1 aliphatic heterocycles. The van der Waals surface area contributed by atoms with Crippen LogP contribution in [-0.4, -0.2) is 45.1 Å². The molecule has 0 aliphatic carbocycles. The molecule has 0 bridgehead atoms. The maximum atomic E-state index is 12.8. The standard InChI is InChI=1S/C25H25N3O10/c1-14(29)22(30)19(12-15-4-8-17(9-5-15)27(33)34)21-20(23(31)26-21)25(2,3)38-24(32)37-13-16-6-10-18(11-7-16)28(35)36/h4-11,19-21H,12-13H2,1-3H3,(H,26,31)/t19?,20-,21+/m0/s1. The number of hydrogen-bond donors (Lipinski definition) is 1. The van der Waals surface area contributed by atoms with E-state index in [9.17, 15) is 39.4 Å². The lowest BCUT2D eigenvalue weighted by molar-refractivity contribution is -0.385. The van der Waals surface area contributed by atoms with E-state index in [4.69, 9.17) is 9.47 Å². The average molecular weight is 527 g/mol. The first kappa shape index (κ1) is 27.9. The van der Waals surface area contributed by atoms with Crippen LogP contribution < -0.4 is 5.32 Å². The Morgan fingerprint density at radius 1 is 0.947 bits per heavy atom. The molecule has 1 unspecified atom stereocenters. The summed E-state index contributed by atoms with van der Waals surface area (Å²) in [4.78, 5) is 70.2. The Kier molecular flexibility index (Phi) is 8.19. The van der Waals surface area contributed by atoms with E-state index < -0.39 is 57.0 Å². The number of non-ortho nitro benzene ring substituents is 2. The number of carbonyl (C=O) groups is 4. The van der Waals surface area contributed by atoms with Crippen LogP contribution in [0, 0.1) is 32.1 Å². The van der Waals surface area contributed by atoms with Crippen LogP contribution in [0.15, 0.2) is 48.5 Å². The lowest BCUT2D eigenvalue weighted by Crippen LogP contribution is -2.70. The van der Waals surface area contributed by atoms with E-state index >= 15 is 0 Å². The Hall–Kier alpha value is -4.68. The SMILES string of the molecule is CC(=O)C(=O)C(Cc1ccc([N+](=O)[O-])cc1)[C@H]1NC(=O)[C@H]1C(C)(C)OC(=O)OCc1ccc([N+](=O)[O-])cc1. The number of nitro groups is 2. The summed E-state index contributed by atoms with van der Waals surface area (Å²) in [5.74, 6) is -3.96. The molecule has 1 saturated heterocycles. The molecule has 3 rings (SSSR count). The molecule has 1 amide bonds. The zero-order valence-corrected chi connectivity index (χ0v) is 20.7. The van der Waals surface area contributed by atoms with Crippen molar-refractivity contribution in [2.24, 2.45) is 11.8 Å². The second kappa shape index (κ2) is 11.2. The van der Waals surface area contributed by atoms with E-state index in [1.54, 1.807) is 0 Å². The van der Waals surface area contributed by atoms with Crippen molar-refractivity contribution in [3.05, 3.63) is 79.9 Å². The lowest BCUT2D eigenvalue weighted by Gasteiger charge is -2.47. The van der Waals surface area contributed by atoms with Crippen LogP contribution in [0.25, 0.3) is 0 Å². The highest BCUT2D eigenvalue weighted by molar-refractivity contribution is 6.37. The van der Waals surface area contributed by atoms with Gasteiger partial charge in [-0.3, -0.25) is 34.6 Å². The van der Waals surface area contributed by atoms with Crippen LogP contribution in [-0.2, 0) is 36.9 Å². The summed E-state index contributed by atoms with van der Waals surface area (Å²) >= 11 is 0. The zero-order valence-electron chi connectivity index (χ0n) is 20.7. The Morgan fingerprint density at radius 2 is 1.45 bits per heavy atom. The van der Waals surface area contributed by atoms with Crippen molar-refractivity contribution >= 4 is 35.0 Å². The van der Waals surface area contributed by atoms with Gasteiger partial charge in [0.05, 0.1) is 27.7 Å². The van der Waals surface area contributed by atoms with Crippen molar-refractivity contribution < 1.29 is 38.5 Å². The molecule has 1 heterocycles. The highest BCUT2D eigenvalue weighted by atomic mass is 16.7. The quantitative estimate of drug-likeness (QED) is 0.150. The van der Waals surface area contributed by atoms with Crippen LogP contribution in [0.3, 0.4) is 0 Å². The van der Waals surface area contributed by atoms with Gasteiger partial charge in [-0.25, -0.2) is 4.79 Å². The van der Waals surface area contributed by atoms with Crippen molar-refractivity contribution in [1.82, 2.24) is 5.32 Å². The van der Waals surface area contributed by atoms with Crippen molar-refractivity contribution in [1.29, 1.82) is 0 Å². The summed E-state index contributed by atoms with van der Waals surface area (Å²) in [6, 6.07) is 9.97. The molecule has 1 aliphatic rings. The Labute approximate surface area is 216 Å². The first-order valence-electron chi connectivity index (χ1n) is 11.5. The molecule has 3 atom stereocenters. The number of nitrogens with zero attached hydrogens (tertiary/aromatic N) is 2. The average Bonchev–Trinajstić information content (AvgIpc) is 2.84. The lowest BCUT2D eigenvalue weighted by atomic mass is 9.69. The number of ketones is 2. The number of rotatable bonds is 11. The fourth-order valence-electron chi connectivity index (χ4n) is 4.30. The van der Waals surface area contributed by atoms with Crippen LogP contribution in [0.5, 0.6) is 0 Å². The minimum absolute atomic E-state index is 0.0124. The molecular formula is C25H25N3O10. The summed E-state index contributed by atoms with van der Waals surface area (Å²) in [5, 5.41) is 24.3. The Morgan fingerprint density at radius 3 is 1.89 bits per heavy atom. The third-order valence-electron chi connectivity index (χ3n) is 6.27. The maximum absolute atomic E-state index is 12.8. The number of carbonyl (C=O) groups excluding carboxylic acids is 4. The van der Waals surface area contributed by atoms with Gasteiger partial charge in [-0.2, -0.15) is 0 Å². The minimum atomic E-state index is -1.44. The van der Waals surface area contributed by atoms with E-state index in [0.29, 0.717) is 11.1 Å². The van der Waals surface area contributed by atoms with Crippen molar-refractivity contribution in [2.45, 2.75) is 45.4 Å². The molecule has 1 fully saturated rings. The molecule has 13 heteroatoms. The maximum Gasteiger partial charge on any atom is 0.509 e. The van der Waals surface area contributed by atoms with Crippen LogP contribution in [0.4, 0.5) is 16.2 Å². The molecule has 0 aromatic heterocycles. The van der Waals surface area contributed by atoms with Gasteiger partial charge >= 0.3 is 6.16 Å². The van der Waals surface area contributed by atoms with Gasteiger partial charge in [-0.15, -0.1) is 0 Å². The molecular weight excluding hydrogens is 502 g/mol. The summed E-state index contributed by atoms with van der Waals surface area (Å²) in [7, 11) is 0. The molecule has 200 valence electrons. The predicted octanol–water partition coefficient (Wildman–Crippen LogP) is 3.07. The predicted molar refractivity (Wildman–Crippen MR) is 130 cm³/mol. The van der Waals surface area contributed by atoms with Crippen LogP contribution >= 0.6 is 0 Å². The second-order valence-electron chi connectivity index (χ2n) is 9.33. The van der Waals surface area contributed by atoms with Crippen molar-refractivity contribution in [3.8, 4) is 0 Å². The number of amides is 1. The molecule has 0 spiro atoms. The highest BCUT2D eigenvalue weighted by Gasteiger charge is 2.55. The van der Waals surface area contributed by atoms with E-state index in [2.05, 4.69) is 5.32 Å². The fraction of sp³-hybridized carbons (Fsp3) is 0.360. The summed E-state index contributed by atoms with van der Waals surface area (Å²) in [5.41, 5.74) is -0.691. The van der Waals surface area contributed by atoms with Gasteiger partial charge in [0, 0.05) is 31.2 Å². The zero-order chi connectivity index (χ0) is 28.2. The van der Waals surface area contributed by atoms with Crippen LogP contribution in [0.2, 0.25) is 0 Å². The second-order valence-corrected chi connectivity index (χ2v) is 9.33. The molecule has 0 saturated carbocycles. The minimum Gasteiger partial charge on any atom is -0.429 e. The van der Waals surface area contributed by atoms with Crippen molar-refractivity contribution in [2.75, 3.05) is 0 Å². The fourth-order valence-corrected chi connectivity index (χ4v) is 4.30.